The molecule has 1 N–H and O–H groups in total. The minimum Gasteiger partial charge on any atom is -0.388 e. The summed E-state index contributed by atoms with van der Waals surface area (Å²) in [6, 6.07) is 6.18. The molecule has 2 aliphatic rings. The van der Waals surface area contributed by atoms with E-state index in [1.165, 1.54) is 11.1 Å². The van der Waals surface area contributed by atoms with E-state index in [1.54, 1.807) is 0 Å². The van der Waals surface area contributed by atoms with Gasteiger partial charge in [0.1, 0.15) is 0 Å². The first kappa shape index (κ1) is 12.2. The fraction of sp³-hybridized carbons (Fsp3) is 0.600. The zero-order chi connectivity index (χ0) is 12.4. The van der Waals surface area contributed by atoms with E-state index in [9.17, 15) is 5.11 Å². The standard InChI is InChI=1S/C15H20O3/c16-15(6-5-14-2-1-7-18-14)11-3-4-12-9-17-10-13(12)8-11/h3-4,8,14-16H,1-2,5-7,9-10H2. The first-order chi connectivity index (χ1) is 8.83. The molecule has 2 unspecified atom stereocenters. The third-order valence-corrected chi connectivity index (χ3v) is 3.92. The summed E-state index contributed by atoms with van der Waals surface area (Å²) < 4.78 is 11.0. The molecule has 3 rings (SSSR count). The first-order valence-corrected chi connectivity index (χ1v) is 6.82. The van der Waals surface area contributed by atoms with Crippen molar-refractivity contribution in [3.05, 3.63) is 34.9 Å². The molecule has 1 saturated heterocycles. The highest BCUT2D eigenvalue weighted by molar-refractivity contribution is 5.34. The molecule has 1 aromatic carbocycles. The molecule has 3 nitrogen and oxygen atoms in total. The average Bonchev–Trinajstić information content (AvgIpc) is 3.05. The second-order valence-electron chi connectivity index (χ2n) is 5.25. The smallest absolute Gasteiger partial charge is 0.0791 e. The van der Waals surface area contributed by atoms with Crippen LogP contribution in [-0.2, 0) is 22.7 Å². The van der Waals surface area contributed by atoms with Gasteiger partial charge in [-0.2, -0.15) is 0 Å². The Morgan fingerprint density at radius 3 is 3.00 bits per heavy atom. The summed E-state index contributed by atoms with van der Waals surface area (Å²) in [4.78, 5) is 0. The van der Waals surface area contributed by atoms with Gasteiger partial charge in [-0.15, -0.1) is 0 Å². The maximum atomic E-state index is 10.2. The van der Waals surface area contributed by atoms with Gasteiger partial charge in [-0.05, 0) is 42.4 Å². The van der Waals surface area contributed by atoms with Gasteiger partial charge in [-0.3, -0.25) is 0 Å². The van der Waals surface area contributed by atoms with Crippen LogP contribution in [0.15, 0.2) is 18.2 Å². The molecule has 0 aromatic heterocycles. The molecule has 98 valence electrons. The van der Waals surface area contributed by atoms with Crippen molar-refractivity contribution in [1.82, 2.24) is 0 Å². The Balaban J connectivity index is 1.59. The van der Waals surface area contributed by atoms with Gasteiger partial charge in [0.15, 0.2) is 0 Å². The lowest BCUT2D eigenvalue weighted by atomic mass is 9.98. The van der Waals surface area contributed by atoms with Crippen molar-refractivity contribution in [3.63, 3.8) is 0 Å². The number of fused-ring (bicyclic) bond motifs is 1. The normalized spacial score (nSPS) is 24.2. The van der Waals surface area contributed by atoms with E-state index in [-0.39, 0.29) is 6.10 Å². The van der Waals surface area contributed by atoms with Gasteiger partial charge in [0, 0.05) is 6.61 Å². The van der Waals surface area contributed by atoms with E-state index >= 15 is 0 Å². The third kappa shape index (κ3) is 2.58. The first-order valence-electron chi connectivity index (χ1n) is 6.82. The van der Waals surface area contributed by atoms with Crippen LogP contribution in [0.25, 0.3) is 0 Å². The lowest BCUT2D eigenvalue weighted by Crippen LogP contribution is -2.08. The molecule has 2 heterocycles. The average molecular weight is 248 g/mol. The minimum atomic E-state index is -0.375. The lowest BCUT2D eigenvalue weighted by Gasteiger charge is -2.15. The van der Waals surface area contributed by atoms with Crippen molar-refractivity contribution in [1.29, 1.82) is 0 Å². The zero-order valence-corrected chi connectivity index (χ0v) is 10.6. The van der Waals surface area contributed by atoms with E-state index in [0.717, 1.165) is 37.9 Å². The molecule has 18 heavy (non-hydrogen) atoms. The highest BCUT2D eigenvalue weighted by Gasteiger charge is 2.19. The molecular formula is C15H20O3. The second kappa shape index (κ2) is 5.39. The summed E-state index contributed by atoms with van der Waals surface area (Å²) in [5.74, 6) is 0. The second-order valence-corrected chi connectivity index (χ2v) is 5.25. The molecule has 0 amide bonds. The Bertz CT molecular complexity index is 410. The summed E-state index contributed by atoms with van der Waals surface area (Å²) in [6.45, 7) is 2.28. The predicted octanol–water partition coefficient (Wildman–Crippen LogP) is 2.71. The largest absolute Gasteiger partial charge is 0.388 e. The Morgan fingerprint density at radius 1 is 1.28 bits per heavy atom. The fourth-order valence-electron chi connectivity index (χ4n) is 2.78. The third-order valence-electron chi connectivity index (χ3n) is 3.92. The van der Waals surface area contributed by atoms with Crippen LogP contribution in [0.5, 0.6) is 0 Å². The lowest BCUT2D eigenvalue weighted by molar-refractivity contribution is 0.0812. The van der Waals surface area contributed by atoms with Gasteiger partial charge in [0.05, 0.1) is 25.4 Å². The van der Waals surface area contributed by atoms with Crippen LogP contribution in [0.3, 0.4) is 0 Å². The fourth-order valence-corrected chi connectivity index (χ4v) is 2.78. The molecule has 0 aliphatic carbocycles. The molecule has 1 aromatic rings. The maximum absolute atomic E-state index is 10.2. The van der Waals surface area contributed by atoms with Crippen molar-refractivity contribution in [2.75, 3.05) is 6.61 Å². The Labute approximate surface area is 108 Å². The summed E-state index contributed by atoms with van der Waals surface area (Å²) in [6.07, 6.45) is 4.03. The van der Waals surface area contributed by atoms with Crippen LogP contribution in [0, 0.1) is 0 Å². The van der Waals surface area contributed by atoms with Gasteiger partial charge in [-0.1, -0.05) is 18.2 Å². The molecule has 2 atom stereocenters. The zero-order valence-electron chi connectivity index (χ0n) is 10.6. The van der Waals surface area contributed by atoms with E-state index in [1.807, 2.05) is 6.07 Å². The van der Waals surface area contributed by atoms with Crippen LogP contribution >= 0.6 is 0 Å². The Hall–Kier alpha value is -0.900. The number of hydrogen-bond donors (Lipinski definition) is 1. The molecular weight excluding hydrogens is 228 g/mol. The summed E-state index contributed by atoms with van der Waals surface area (Å²) in [7, 11) is 0. The van der Waals surface area contributed by atoms with Crippen LogP contribution in [-0.4, -0.2) is 17.8 Å². The van der Waals surface area contributed by atoms with E-state index in [2.05, 4.69) is 12.1 Å². The number of ether oxygens (including phenoxy) is 2. The SMILES string of the molecule is OC(CCC1CCCO1)c1ccc2c(c1)COC2. The number of rotatable bonds is 4. The molecule has 0 spiro atoms. The number of aliphatic hydroxyl groups excluding tert-OH is 1. The van der Waals surface area contributed by atoms with Crippen LogP contribution in [0.4, 0.5) is 0 Å². The van der Waals surface area contributed by atoms with Crippen molar-refractivity contribution in [2.45, 2.75) is 51.1 Å². The molecule has 2 aliphatic heterocycles. The van der Waals surface area contributed by atoms with Crippen LogP contribution in [0.2, 0.25) is 0 Å². The minimum absolute atomic E-state index is 0.359. The van der Waals surface area contributed by atoms with E-state index < -0.39 is 0 Å². The molecule has 1 fully saturated rings. The summed E-state index contributed by atoms with van der Waals surface area (Å²) in [5, 5.41) is 10.2. The van der Waals surface area contributed by atoms with Crippen molar-refractivity contribution in [2.24, 2.45) is 0 Å². The topological polar surface area (TPSA) is 38.7 Å². The highest BCUT2D eigenvalue weighted by Crippen LogP contribution is 2.27. The molecule has 0 saturated carbocycles. The molecule has 0 radical (unpaired) electrons. The van der Waals surface area contributed by atoms with Gasteiger partial charge in [-0.25, -0.2) is 0 Å². The summed E-state index contributed by atoms with van der Waals surface area (Å²) in [5.41, 5.74) is 3.49. The van der Waals surface area contributed by atoms with Gasteiger partial charge < -0.3 is 14.6 Å². The monoisotopic (exact) mass is 248 g/mol. The molecule has 3 heteroatoms. The molecule has 0 bridgehead atoms. The summed E-state index contributed by atoms with van der Waals surface area (Å²) >= 11 is 0. The van der Waals surface area contributed by atoms with Gasteiger partial charge in [0.25, 0.3) is 0 Å². The van der Waals surface area contributed by atoms with Crippen molar-refractivity contribution < 1.29 is 14.6 Å². The van der Waals surface area contributed by atoms with Crippen LogP contribution in [0.1, 0.15) is 48.5 Å². The predicted molar refractivity (Wildman–Crippen MR) is 68.1 cm³/mol. The van der Waals surface area contributed by atoms with Crippen molar-refractivity contribution in [3.8, 4) is 0 Å². The Kier molecular flexibility index (Phi) is 3.64. The number of aliphatic hydroxyl groups is 1. The highest BCUT2D eigenvalue weighted by atomic mass is 16.5. The number of hydrogen-bond acceptors (Lipinski definition) is 3. The van der Waals surface area contributed by atoms with Gasteiger partial charge >= 0.3 is 0 Å². The maximum Gasteiger partial charge on any atom is 0.0791 e. The van der Waals surface area contributed by atoms with Gasteiger partial charge in [0.2, 0.25) is 0 Å². The van der Waals surface area contributed by atoms with Crippen molar-refractivity contribution >= 4 is 0 Å². The van der Waals surface area contributed by atoms with Crippen LogP contribution < -0.4 is 0 Å². The van der Waals surface area contributed by atoms with E-state index in [0.29, 0.717) is 19.3 Å². The Morgan fingerprint density at radius 2 is 2.17 bits per heavy atom. The quantitative estimate of drug-likeness (QED) is 0.890. The van der Waals surface area contributed by atoms with E-state index in [4.69, 9.17) is 9.47 Å². The number of benzene rings is 1.